The first-order valence-electron chi connectivity index (χ1n) is 6.10. The molecule has 0 bridgehead atoms. The van der Waals surface area contributed by atoms with Crippen LogP contribution in [-0.4, -0.2) is 50.2 Å². The van der Waals surface area contributed by atoms with Gasteiger partial charge in [-0.2, -0.15) is 4.31 Å². The summed E-state index contributed by atoms with van der Waals surface area (Å²) in [5, 5.41) is 16.3. The Labute approximate surface area is 121 Å². The summed E-state index contributed by atoms with van der Waals surface area (Å²) < 4.78 is 26.0. The van der Waals surface area contributed by atoms with E-state index in [1.54, 1.807) is 0 Å². The van der Waals surface area contributed by atoms with Gasteiger partial charge in [0.15, 0.2) is 4.90 Å². The van der Waals surface area contributed by atoms with Gasteiger partial charge in [-0.1, -0.05) is 6.07 Å². The average Bonchev–Trinajstić information content (AvgIpc) is 2.46. The molecule has 1 amide bonds. The summed E-state index contributed by atoms with van der Waals surface area (Å²) in [5.74, 6) is -0.433. The molecule has 1 heterocycles. The summed E-state index contributed by atoms with van der Waals surface area (Å²) in [4.78, 5) is 21.4. The third-order valence-corrected chi connectivity index (χ3v) is 4.95. The summed E-state index contributed by atoms with van der Waals surface area (Å²) in [6.07, 6.45) is 0. The van der Waals surface area contributed by atoms with Gasteiger partial charge in [0.25, 0.3) is 10.0 Å². The molecule has 0 saturated carbocycles. The molecule has 1 aliphatic heterocycles. The van der Waals surface area contributed by atoms with Crippen molar-refractivity contribution in [3.63, 3.8) is 0 Å². The average molecular weight is 314 g/mol. The van der Waals surface area contributed by atoms with Crippen molar-refractivity contribution in [2.45, 2.75) is 4.90 Å². The number of nitrogens with one attached hydrogen (secondary N) is 2. The molecular formula is C11H14N4O5S. The standard InChI is InChI=1S/C11H14N4O5S/c1-12-8-3-2-4-9(11(8)15(17)18)21(19,20)14-6-5-13-10(16)7-14/h2-4,12H,5-7H2,1H3,(H,13,16). The summed E-state index contributed by atoms with van der Waals surface area (Å²) in [6, 6.07) is 4.00. The van der Waals surface area contributed by atoms with E-state index in [4.69, 9.17) is 0 Å². The molecule has 2 rings (SSSR count). The van der Waals surface area contributed by atoms with E-state index in [9.17, 15) is 23.3 Å². The van der Waals surface area contributed by atoms with E-state index in [1.165, 1.54) is 25.2 Å². The molecule has 21 heavy (non-hydrogen) atoms. The monoisotopic (exact) mass is 314 g/mol. The van der Waals surface area contributed by atoms with Crippen LogP contribution in [0.2, 0.25) is 0 Å². The van der Waals surface area contributed by atoms with Gasteiger partial charge in [0.1, 0.15) is 5.69 Å². The lowest BCUT2D eigenvalue weighted by molar-refractivity contribution is -0.386. The van der Waals surface area contributed by atoms with Gasteiger partial charge in [-0.3, -0.25) is 14.9 Å². The Morgan fingerprint density at radius 2 is 2.14 bits per heavy atom. The van der Waals surface area contributed by atoms with E-state index in [-0.39, 0.29) is 25.3 Å². The number of benzene rings is 1. The number of nitrogens with zero attached hydrogens (tertiary/aromatic N) is 2. The van der Waals surface area contributed by atoms with Crippen molar-refractivity contribution < 1.29 is 18.1 Å². The Hall–Kier alpha value is -2.20. The van der Waals surface area contributed by atoms with Crippen LogP contribution >= 0.6 is 0 Å². The number of nitro groups is 1. The molecule has 1 aromatic carbocycles. The number of anilines is 1. The maximum absolute atomic E-state index is 12.5. The maximum Gasteiger partial charge on any atom is 0.312 e. The van der Waals surface area contributed by atoms with Crippen molar-refractivity contribution in [3.05, 3.63) is 28.3 Å². The van der Waals surface area contributed by atoms with Crippen molar-refractivity contribution in [2.24, 2.45) is 0 Å². The van der Waals surface area contributed by atoms with Crippen LogP contribution in [0.5, 0.6) is 0 Å². The van der Waals surface area contributed by atoms with E-state index < -0.39 is 31.4 Å². The second kappa shape index (κ2) is 5.66. The smallest absolute Gasteiger partial charge is 0.312 e. The fraction of sp³-hybridized carbons (Fsp3) is 0.364. The van der Waals surface area contributed by atoms with Crippen LogP contribution in [0.1, 0.15) is 0 Å². The molecular weight excluding hydrogens is 300 g/mol. The normalized spacial score (nSPS) is 16.3. The molecule has 0 aliphatic carbocycles. The molecule has 0 atom stereocenters. The first kappa shape index (κ1) is 15.2. The van der Waals surface area contributed by atoms with Crippen molar-refractivity contribution in [1.82, 2.24) is 9.62 Å². The van der Waals surface area contributed by atoms with Crippen LogP contribution in [0.4, 0.5) is 11.4 Å². The first-order chi connectivity index (χ1) is 9.87. The van der Waals surface area contributed by atoms with Crippen molar-refractivity contribution >= 4 is 27.3 Å². The minimum absolute atomic E-state index is 0.0784. The number of carbonyl (C=O) groups excluding carboxylic acids is 1. The molecule has 1 aromatic rings. The molecule has 10 heteroatoms. The molecule has 0 spiro atoms. The van der Waals surface area contributed by atoms with E-state index >= 15 is 0 Å². The SMILES string of the molecule is CNc1cccc(S(=O)(=O)N2CCNC(=O)C2)c1[N+](=O)[O-]. The van der Waals surface area contributed by atoms with Gasteiger partial charge in [-0.05, 0) is 12.1 Å². The number of sulfonamides is 1. The van der Waals surface area contributed by atoms with Crippen molar-refractivity contribution in [1.29, 1.82) is 0 Å². The van der Waals surface area contributed by atoms with Gasteiger partial charge in [0.2, 0.25) is 5.91 Å². The highest BCUT2D eigenvalue weighted by Gasteiger charge is 2.35. The molecule has 9 nitrogen and oxygen atoms in total. The van der Waals surface area contributed by atoms with Gasteiger partial charge in [0.05, 0.1) is 11.5 Å². The highest BCUT2D eigenvalue weighted by Crippen LogP contribution is 2.33. The zero-order valence-corrected chi connectivity index (χ0v) is 12.0. The molecule has 0 aromatic heterocycles. The maximum atomic E-state index is 12.5. The van der Waals surface area contributed by atoms with Crippen LogP contribution in [0.15, 0.2) is 23.1 Å². The number of nitro benzene ring substituents is 1. The van der Waals surface area contributed by atoms with E-state index in [2.05, 4.69) is 10.6 Å². The predicted molar refractivity (Wildman–Crippen MR) is 74.4 cm³/mol. The van der Waals surface area contributed by atoms with Gasteiger partial charge < -0.3 is 10.6 Å². The fourth-order valence-corrected chi connectivity index (χ4v) is 3.66. The van der Waals surface area contributed by atoms with Crippen LogP contribution in [0, 0.1) is 10.1 Å². The number of carbonyl (C=O) groups is 1. The van der Waals surface area contributed by atoms with Crippen molar-refractivity contribution in [2.75, 3.05) is 32.0 Å². The molecule has 114 valence electrons. The Morgan fingerprint density at radius 1 is 1.43 bits per heavy atom. The number of rotatable bonds is 4. The second-order valence-corrected chi connectivity index (χ2v) is 6.25. The zero-order chi connectivity index (χ0) is 15.6. The number of piperazine rings is 1. The van der Waals surface area contributed by atoms with E-state index in [0.717, 1.165) is 4.31 Å². The number of amides is 1. The Kier molecular flexibility index (Phi) is 4.09. The second-order valence-electron chi connectivity index (χ2n) is 4.35. The highest BCUT2D eigenvalue weighted by molar-refractivity contribution is 7.89. The summed E-state index contributed by atoms with van der Waals surface area (Å²) >= 11 is 0. The minimum atomic E-state index is -4.11. The topological polar surface area (TPSA) is 122 Å². The zero-order valence-electron chi connectivity index (χ0n) is 11.2. The minimum Gasteiger partial charge on any atom is -0.383 e. The van der Waals surface area contributed by atoms with Crippen molar-refractivity contribution in [3.8, 4) is 0 Å². The van der Waals surface area contributed by atoms with Crippen LogP contribution in [0.3, 0.4) is 0 Å². The van der Waals surface area contributed by atoms with E-state index in [1.807, 2.05) is 0 Å². The molecule has 0 unspecified atom stereocenters. The quantitative estimate of drug-likeness (QED) is 0.584. The molecule has 1 saturated heterocycles. The summed E-state index contributed by atoms with van der Waals surface area (Å²) in [6.45, 7) is -0.0874. The summed E-state index contributed by atoms with van der Waals surface area (Å²) in [5.41, 5.74) is -0.423. The molecule has 0 radical (unpaired) electrons. The third-order valence-electron chi connectivity index (χ3n) is 3.07. The highest BCUT2D eigenvalue weighted by atomic mass is 32.2. The van der Waals surface area contributed by atoms with Crippen LogP contribution < -0.4 is 10.6 Å². The lowest BCUT2D eigenvalue weighted by atomic mass is 10.3. The van der Waals surface area contributed by atoms with E-state index in [0.29, 0.717) is 0 Å². The Bertz CT molecular complexity index is 688. The number of hydrogen-bond acceptors (Lipinski definition) is 6. The number of para-hydroxylation sites is 1. The Balaban J connectivity index is 2.54. The molecule has 1 aliphatic rings. The lowest BCUT2D eigenvalue weighted by Gasteiger charge is -2.25. The van der Waals surface area contributed by atoms with Crippen LogP contribution in [-0.2, 0) is 14.8 Å². The largest absolute Gasteiger partial charge is 0.383 e. The van der Waals surface area contributed by atoms with Gasteiger partial charge in [-0.25, -0.2) is 8.42 Å². The van der Waals surface area contributed by atoms with Gasteiger partial charge in [-0.15, -0.1) is 0 Å². The predicted octanol–water partition coefficient (Wildman–Crippen LogP) is -0.243. The first-order valence-corrected chi connectivity index (χ1v) is 7.54. The van der Waals surface area contributed by atoms with Gasteiger partial charge in [0, 0.05) is 20.1 Å². The lowest BCUT2D eigenvalue weighted by Crippen LogP contribution is -2.49. The van der Waals surface area contributed by atoms with Crippen LogP contribution in [0.25, 0.3) is 0 Å². The molecule has 2 N–H and O–H groups in total. The third kappa shape index (κ3) is 2.81. The van der Waals surface area contributed by atoms with Gasteiger partial charge >= 0.3 is 5.69 Å². The Morgan fingerprint density at radius 3 is 2.71 bits per heavy atom. The fourth-order valence-electron chi connectivity index (χ4n) is 2.08. The summed E-state index contributed by atoms with van der Waals surface area (Å²) in [7, 11) is -2.65. The molecule has 1 fully saturated rings. The number of hydrogen-bond donors (Lipinski definition) is 2.